The second-order valence-electron chi connectivity index (χ2n) is 7.18. The van der Waals surface area contributed by atoms with E-state index in [1.54, 1.807) is 6.20 Å². The number of Topliss-reactive ketones (excluding diaryl/α,β-unsaturated/α-hetero) is 1. The van der Waals surface area contributed by atoms with Crippen LogP contribution in [0.25, 0.3) is 10.9 Å². The summed E-state index contributed by atoms with van der Waals surface area (Å²) in [6, 6.07) is 11.3. The Morgan fingerprint density at radius 3 is 2.86 bits per heavy atom. The van der Waals surface area contributed by atoms with E-state index in [2.05, 4.69) is 16.9 Å². The molecule has 0 saturated carbocycles. The van der Waals surface area contributed by atoms with Crippen molar-refractivity contribution < 1.29 is 9.90 Å². The Morgan fingerprint density at radius 2 is 2.07 bits per heavy atom. The Hall–Kier alpha value is -1.44. The first-order valence-corrected chi connectivity index (χ1v) is 11.3. The van der Waals surface area contributed by atoms with Crippen molar-refractivity contribution in [2.45, 2.75) is 23.3 Å². The summed E-state index contributed by atoms with van der Waals surface area (Å²) in [6.07, 6.45) is 3.16. The molecule has 1 N–H and O–H groups in total. The van der Waals surface area contributed by atoms with Gasteiger partial charge in [0.25, 0.3) is 0 Å². The van der Waals surface area contributed by atoms with Crippen LogP contribution in [-0.4, -0.2) is 46.7 Å². The molecule has 3 aromatic rings. The number of nitrogens with zero attached hydrogens (tertiary/aromatic N) is 2. The molecular formula is C21H21ClN2O2S2. The van der Waals surface area contributed by atoms with Crippen molar-refractivity contribution in [2.75, 3.05) is 25.9 Å². The number of pyridine rings is 1. The highest BCUT2D eigenvalue weighted by molar-refractivity contribution is 8.00. The van der Waals surface area contributed by atoms with Gasteiger partial charge in [-0.25, -0.2) is 0 Å². The fourth-order valence-electron chi connectivity index (χ4n) is 3.41. The van der Waals surface area contributed by atoms with Gasteiger partial charge < -0.3 is 10.0 Å². The summed E-state index contributed by atoms with van der Waals surface area (Å²) in [6.45, 7) is 1.73. The SMILES string of the molecule is CN1CCC(O)(c2ccc(C(=O)CSc3ccnc4ccc(Cl)cc34)s2)CC1. The summed E-state index contributed by atoms with van der Waals surface area (Å²) in [5.41, 5.74) is 0.0608. The third kappa shape index (κ3) is 4.11. The first kappa shape index (κ1) is 19.9. The quantitative estimate of drug-likeness (QED) is 0.462. The number of aliphatic hydroxyl groups is 1. The molecule has 7 heteroatoms. The molecule has 0 radical (unpaired) electrons. The molecule has 0 amide bonds. The Kier molecular flexibility index (Phi) is 5.76. The minimum atomic E-state index is -0.805. The van der Waals surface area contributed by atoms with E-state index in [1.807, 2.05) is 36.4 Å². The topological polar surface area (TPSA) is 53.4 Å². The molecule has 3 heterocycles. The van der Waals surface area contributed by atoms with Crippen LogP contribution in [0.3, 0.4) is 0 Å². The molecule has 4 nitrogen and oxygen atoms in total. The number of rotatable bonds is 5. The van der Waals surface area contributed by atoms with Gasteiger partial charge in [-0.3, -0.25) is 9.78 Å². The van der Waals surface area contributed by atoms with Crippen molar-refractivity contribution >= 4 is 51.4 Å². The van der Waals surface area contributed by atoms with E-state index in [-0.39, 0.29) is 5.78 Å². The second-order valence-corrected chi connectivity index (χ2v) is 9.72. The zero-order valence-electron chi connectivity index (χ0n) is 15.5. The van der Waals surface area contributed by atoms with Crippen LogP contribution >= 0.6 is 34.7 Å². The van der Waals surface area contributed by atoms with E-state index < -0.39 is 5.60 Å². The van der Waals surface area contributed by atoms with E-state index in [1.165, 1.54) is 23.1 Å². The van der Waals surface area contributed by atoms with Crippen molar-refractivity contribution in [1.82, 2.24) is 9.88 Å². The minimum Gasteiger partial charge on any atom is -0.384 e. The molecule has 1 saturated heterocycles. The first-order chi connectivity index (χ1) is 13.4. The molecular weight excluding hydrogens is 412 g/mol. The molecule has 0 bridgehead atoms. The molecule has 1 aliphatic heterocycles. The summed E-state index contributed by atoms with van der Waals surface area (Å²) in [7, 11) is 2.07. The van der Waals surface area contributed by atoms with Crippen LogP contribution in [0.4, 0.5) is 0 Å². The normalized spacial score (nSPS) is 17.1. The fourth-order valence-corrected chi connectivity index (χ4v) is 5.68. The number of hydrogen-bond donors (Lipinski definition) is 1. The van der Waals surface area contributed by atoms with Crippen molar-refractivity contribution in [3.05, 3.63) is 57.4 Å². The Bertz CT molecular complexity index is 1010. The zero-order chi connectivity index (χ0) is 19.7. The minimum absolute atomic E-state index is 0.0739. The standard InChI is InChI=1S/C21H21ClN2O2S2/c1-24-10-7-21(26,8-11-24)20-5-4-19(28-20)17(25)13-27-18-6-9-23-16-3-2-14(22)12-15(16)18/h2-6,9,12,26H,7-8,10-11,13H2,1H3. The van der Waals surface area contributed by atoms with Crippen LogP contribution in [-0.2, 0) is 5.60 Å². The van der Waals surface area contributed by atoms with Gasteiger partial charge in [-0.2, -0.15) is 0 Å². The Morgan fingerprint density at radius 1 is 1.29 bits per heavy atom. The average Bonchev–Trinajstić information content (AvgIpc) is 3.20. The predicted octanol–water partition coefficient (Wildman–Crippen LogP) is 4.84. The summed E-state index contributed by atoms with van der Waals surface area (Å²) < 4.78 is 0. The van der Waals surface area contributed by atoms with Gasteiger partial charge in [0.05, 0.1) is 16.1 Å². The first-order valence-electron chi connectivity index (χ1n) is 9.16. The van der Waals surface area contributed by atoms with E-state index in [0.29, 0.717) is 28.5 Å². The van der Waals surface area contributed by atoms with Crippen LogP contribution in [0.5, 0.6) is 0 Å². The number of likely N-dealkylation sites (tertiary alicyclic amines) is 1. The molecule has 2 aromatic heterocycles. The van der Waals surface area contributed by atoms with E-state index in [9.17, 15) is 9.90 Å². The van der Waals surface area contributed by atoms with Crippen molar-refractivity contribution in [1.29, 1.82) is 0 Å². The molecule has 1 aromatic carbocycles. The van der Waals surface area contributed by atoms with Gasteiger partial charge in [0.1, 0.15) is 5.60 Å². The molecule has 28 heavy (non-hydrogen) atoms. The van der Waals surface area contributed by atoms with Crippen LogP contribution < -0.4 is 0 Å². The Balaban J connectivity index is 1.47. The second kappa shape index (κ2) is 8.13. The van der Waals surface area contributed by atoms with E-state index in [0.717, 1.165) is 33.8 Å². The summed E-state index contributed by atoms with van der Waals surface area (Å²) >= 11 is 9.04. The monoisotopic (exact) mass is 432 g/mol. The summed E-state index contributed by atoms with van der Waals surface area (Å²) in [5.74, 6) is 0.414. The highest BCUT2D eigenvalue weighted by Crippen LogP contribution is 2.37. The molecule has 1 fully saturated rings. The number of benzene rings is 1. The van der Waals surface area contributed by atoms with Crippen LogP contribution in [0.15, 0.2) is 47.5 Å². The largest absolute Gasteiger partial charge is 0.384 e. The van der Waals surface area contributed by atoms with Crippen molar-refractivity contribution in [3.8, 4) is 0 Å². The third-order valence-corrected chi connectivity index (χ3v) is 7.80. The van der Waals surface area contributed by atoms with Crippen LogP contribution in [0.1, 0.15) is 27.4 Å². The lowest BCUT2D eigenvalue weighted by Crippen LogP contribution is -2.40. The molecule has 0 unspecified atom stereocenters. The fraction of sp³-hybridized carbons (Fsp3) is 0.333. The molecule has 1 aliphatic rings. The number of fused-ring (bicyclic) bond motifs is 1. The van der Waals surface area contributed by atoms with Gasteiger partial charge in [-0.1, -0.05) is 11.6 Å². The van der Waals surface area contributed by atoms with Gasteiger partial charge >= 0.3 is 0 Å². The van der Waals surface area contributed by atoms with Gasteiger partial charge in [0.15, 0.2) is 5.78 Å². The zero-order valence-corrected chi connectivity index (χ0v) is 17.9. The number of hydrogen-bond acceptors (Lipinski definition) is 6. The lowest BCUT2D eigenvalue weighted by molar-refractivity contribution is -0.0172. The summed E-state index contributed by atoms with van der Waals surface area (Å²) in [5, 5.41) is 12.6. The summed E-state index contributed by atoms with van der Waals surface area (Å²) in [4.78, 5) is 21.9. The maximum atomic E-state index is 12.7. The lowest BCUT2D eigenvalue weighted by Gasteiger charge is -2.35. The number of carbonyl (C=O) groups is 1. The highest BCUT2D eigenvalue weighted by atomic mass is 35.5. The third-order valence-electron chi connectivity index (χ3n) is 5.18. The molecule has 4 rings (SSSR count). The number of piperidine rings is 1. The van der Waals surface area contributed by atoms with Gasteiger partial charge in [0.2, 0.25) is 0 Å². The number of thiophene rings is 1. The smallest absolute Gasteiger partial charge is 0.182 e. The molecule has 0 atom stereocenters. The Labute approximate surface area is 177 Å². The van der Waals surface area contributed by atoms with Gasteiger partial charge in [-0.15, -0.1) is 23.1 Å². The van der Waals surface area contributed by atoms with Crippen molar-refractivity contribution in [2.24, 2.45) is 0 Å². The number of ketones is 1. The molecule has 0 spiro atoms. The maximum absolute atomic E-state index is 12.7. The van der Waals surface area contributed by atoms with Crippen LogP contribution in [0, 0.1) is 0 Å². The maximum Gasteiger partial charge on any atom is 0.182 e. The van der Waals surface area contributed by atoms with E-state index >= 15 is 0 Å². The predicted molar refractivity (Wildman–Crippen MR) is 117 cm³/mol. The molecule has 146 valence electrons. The number of halogens is 1. The number of thioether (sulfide) groups is 1. The van der Waals surface area contributed by atoms with Crippen molar-refractivity contribution in [3.63, 3.8) is 0 Å². The van der Waals surface area contributed by atoms with Crippen LogP contribution in [0.2, 0.25) is 5.02 Å². The highest BCUT2D eigenvalue weighted by Gasteiger charge is 2.34. The average molecular weight is 433 g/mol. The van der Waals surface area contributed by atoms with Gasteiger partial charge in [0, 0.05) is 39.5 Å². The van der Waals surface area contributed by atoms with Gasteiger partial charge in [-0.05, 0) is 56.3 Å². The number of carbonyl (C=O) groups excluding carboxylic acids is 1. The van der Waals surface area contributed by atoms with E-state index in [4.69, 9.17) is 11.6 Å². The lowest BCUT2D eigenvalue weighted by atomic mass is 9.90. The molecule has 0 aliphatic carbocycles. The number of aromatic nitrogens is 1.